The zero-order chi connectivity index (χ0) is 6.41. The predicted molar refractivity (Wildman–Crippen MR) is 34.4 cm³/mol. The van der Waals surface area contributed by atoms with Gasteiger partial charge >= 0.3 is 0 Å². The summed E-state index contributed by atoms with van der Waals surface area (Å²) in [7, 11) is 0. The van der Waals surface area contributed by atoms with E-state index >= 15 is 0 Å². The second-order valence-electron chi connectivity index (χ2n) is 1.58. The van der Waals surface area contributed by atoms with Gasteiger partial charge in [0.15, 0.2) is 5.78 Å². The van der Waals surface area contributed by atoms with Crippen LogP contribution in [0.4, 0.5) is 0 Å². The molecule has 0 spiro atoms. The summed E-state index contributed by atoms with van der Waals surface area (Å²) in [5.74, 6) is 0.176. The summed E-state index contributed by atoms with van der Waals surface area (Å²) in [6.07, 6.45) is 5.75. The van der Waals surface area contributed by atoms with Crippen LogP contribution in [0, 0.1) is 6.42 Å². The van der Waals surface area contributed by atoms with Crippen LogP contribution >= 0.6 is 0 Å². The van der Waals surface area contributed by atoms with E-state index in [1.54, 1.807) is 12.2 Å². The molecular weight excluding hydrogens is 100 g/mol. The van der Waals surface area contributed by atoms with E-state index in [0.29, 0.717) is 6.42 Å². The fraction of sp³-hybridized carbons (Fsp3) is 0.429. The highest BCUT2D eigenvalue weighted by atomic mass is 16.1. The van der Waals surface area contributed by atoms with Crippen LogP contribution in [0.2, 0.25) is 0 Å². The van der Waals surface area contributed by atoms with Crippen molar-refractivity contribution in [3.8, 4) is 0 Å². The van der Waals surface area contributed by atoms with E-state index in [0.717, 1.165) is 0 Å². The average molecular weight is 111 g/mol. The van der Waals surface area contributed by atoms with Crippen molar-refractivity contribution in [2.45, 2.75) is 20.3 Å². The maximum Gasteiger partial charge on any atom is 0.155 e. The van der Waals surface area contributed by atoms with Crippen LogP contribution in [0.15, 0.2) is 12.2 Å². The summed E-state index contributed by atoms with van der Waals surface area (Å²) in [5.41, 5.74) is 0. The lowest BCUT2D eigenvalue weighted by Crippen LogP contribution is -1.89. The Morgan fingerprint density at radius 2 is 2.12 bits per heavy atom. The number of allylic oxidation sites excluding steroid dienone is 2. The Labute approximate surface area is 50.4 Å². The second-order valence-corrected chi connectivity index (χ2v) is 1.58. The zero-order valence-corrected chi connectivity index (χ0v) is 5.35. The van der Waals surface area contributed by atoms with Crippen LogP contribution < -0.4 is 0 Å². The molecule has 0 saturated carbocycles. The highest BCUT2D eigenvalue weighted by Gasteiger charge is 1.89. The van der Waals surface area contributed by atoms with Crippen molar-refractivity contribution >= 4 is 5.78 Å². The molecular formula is C7H11O. The van der Waals surface area contributed by atoms with Crippen molar-refractivity contribution in [3.63, 3.8) is 0 Å². The Morgan fingerprint density at radius 3 is 2.50 bits per heavy atom. The van der Waals surface area contributed by atoms with E-state index in [2.05, 4.69) is 0 Å². The van der Waals surface area contributed by atoms with Gasteiger partial charge in [-0.25, -0.2) is 0 Å². The van der Waals surface area contributed by atoms with Crippen LogP contribution in [-0.4, -0.2) is 5.78 Å². The van der Waals surface area contributed by atoms with Crippen LogP contribution in [0.1, 0.15) is 20.3 Å². The van der Waals surface area contributed by atoms with E-state index in [1.807, 2.05) is 20.3 Å². The standard InChI is InChI=1S/C7H11O/c1-3-5-7(8)6-4-2/h3-5H,6H2,1-2H3/b5-3+. The Kier molecular flexibility index (Phi) is 4.23. The third-order valence-electron chi connectivity index (χ3n) is 0.758. The Bertz CT molecular complexity index is 92.6. The van der Waals surface area contributed by atoms with Gasteiger partial charge < -0.3 is 0 Å². The van der Waals surface area contributed by atoms with Crippen molar-refractivity contribution in [3.05, 3.63) is 18.6 Å². The molecule has 0 atom stereocenters. The molecule has 0 aliphatic rings. The summed E-state index contributed by atoms with van der Waals surface area (Å²) < 4.78 is 0. The lowest BCUT2D eigenvalue weighted by Gasteiger charge is -1.84. The molecule has 0 amide bonds. The first-order valence-electron chi connectivity index (χ1n) is 2.74. The first-order valence-corrected chi connectivity index (χ1v) is 2.74. The fourth-order valence-corrected chi connectivity index (χ4v) is 0.455. The molecule has 1 nitrogen and oxygen atoms in total. The highest BCUT2D eigenvalue weighted by molar-refractivity contribution is 5.90. The fourth-order valence-electron chi connectivity index (χ4n) is 0.455. The highest BCUT2D eigenvalue weighted by Crippen LogP contribution is 1.87. The topological polar surface area (TPSA) is 17.1 Å². The maximum absolute atomic E-state index is 10.5. The minimum atomic E-state index is 0.176. The molecule has 0 aromatic heterocycles. The maximum atomic E-state index is 10.5. The van der Waals surface area contributed by atoms with Gasteiger partial charge in [-0.2, -0.15) is 0 Å². The van der Waals surface area contributed by atoms with Gasteiger partial charge in [0, 0.05) is 6.42 Å². The summed E-state index contributed by atoms with van der Waals surface area (Å²) in [6, 6.07) is 0. The monoisotopic (exact) mass is 111 g/mol. The lowest BCUT2D eigenvalue weighted by molar-refractivity contribution is -0.114. The molecule has 0 aromatic carbocycles. The van der Waals surface area contributed by atoms with Gasteiger partial charge in [-0.05, 0) is 19.4 Å². The third-order valence-corrected chi connectivity index (χ3v) is 0.758. The number of carbonyl (C=O) groups is 1. The Morgan fingerprint density at radius 1 is 1.50 bits per heavy atom. The van der Waals surface area contributed by atoms with Crippen molar-refractivity contribution in [1.29, 1.82) is 0 Å². The number of carbonyl (C=O) groups excluding carboxylic acids is 1. The summed E-state index contributed by atoms with van der Waals surface area (Å²) in [5, 5.41) is 0. The van der Waals surface area contributed by atoms with Gasteiger partial charge in [0.25, 0.3) is 0 Å². The van der Waals surface area contributed by atoms with Gasteiger partial charge in [-0.15, -0.1) is 0 Å². The van der Waals surface area contributed by atoms with Crippen molar-refractivity contribution in [2.75, 3.05) is 0 Å². The third kappa shape index (κ3) is 3.59. The van der Waals surface area contributed by atoms with Crippen molar-refractivity contribution < 1.29 is 4.79 Å². The first-order chi connectivity index (χ1) is 3.81. The molecule has 0 aliphatic heterocycles. The minimum absolute atomic E-state index is 0.176. The molecule has 0 heterocycles. The van der Waals surface area contributed by atoms with E-state index in [9.17, 15) is 4.79 Å². The van der Waals surface area contributed by atoms with E-state index < -0.39 is 0 Å². The Hall–Kier alpha value is -0.590. The minimum Gasteiger partial charge on any atom is -0.295 e. The average Bonchev–Trinajstić information content (AvgIpc) is 1.68. The predicted octanol–water partition coefficient (Wildman–Crippen LogP) is 1.75. The van der Waals surface area contributed by atoms with Gasteiger partial charge in [0.2, 0.25) is 0 Å². The number of hydrogen-bond acceptors (Lipinski definition) is 1. The van der Waals surface area contributed by atoms with E-state index in [1.165, 1.54) is 0 Å². The smallest absolute Gasteiger partial charge is 0.155 e. The number of ketones is 1. The van der Waals surface area contributed by atoms with Gasteiger partial charge in [-0.1, -0.05) is 13.0 Å². The number of rotatable bonds is 3. The summed E-state index contributed by atoms with van der Waals surface area (Å²) in [6.45, 7) is 3.72. The second kappa shape index (κ2) is 4.57. The van der Waals surface area contributed by atoms with Crippen LogP contribution in [-0.2, 0) is 4.79 Å². The zero-order valence-electron chi connectivity index (χ0n) is 5.35. The normalized spacial score (nSPS) is 10.2. The molecule has 1 radical (unpaired) electrons. The molecule has 0 fully saturated rings. The van der Waals surface area contributed by atoms with E-state index in [-0.39, 0.29) is 5.78 Å². The largest absolute Gasteiger partial charge is 0.295 e. The molecule has 45 valence electrons. The summed E-state index contributed by atoms with van der Waals surface area (Å²) in [4.78, 5) is 10.5. The van der Waals surface area contributed by atoms with Gasteiger partial charge in [0.05, 0.1) is 0 Å². The molecule has 0 bridgehead atoms. The first kappa shape index (κ1) is 7.41. The quantitative estimate of drug-likeness (QED) is 0.507. The molecule has 0 rings (SSSR count). The molecule has 8 heavy (non-hydrogen) atoms. The molecule has 0 aliphatic carbocycles. The molecule has 0 aromatic rings. The lowest BCUT2D eigenvalue weighted by atomic mass is 10.2. The van der Waals surface area contributed by atoms with Gasteiger partial charge in [0.1, 0.15) is 0 Å². The molecule has 0 unspecified atom stereocenters. The van der Waals surface area contributed by atoms with Gasteiger partial charge in [-0.3, -0.25) is 4.79 Å². The van der Waals surface area contributed by atoms with Crippen LogP contribution in [0.3, 0.4) is 0 Å². The van der Waals surface area contributed by atoms with Crippen molar-refractivity contribution in [1.82, 2.24) is 0 Å². The number of hydrogen-bond donors (Lipinski definition) is 0. The van der Waals surface area contributed by atoms with Crippen molar-refractivity contribution in [2.24, 2.45) is 0 Å². The Balaban J connectivity index is 3.33. The van der Waals surface area contributed by atoms with Crippen LogP contribution in [0.25, 0.3) is 0 Å². The molecule has 0 N–H and O–H groups in total. The van der Waals surface area contributed by atoms with E-state index in [4.69, 9.17) is 0 Å². The molecule has 1 heteroatoms. The summed E-state index contributed by atoms with van der Waals surface area (Å²) >= 11 is 0. The SMILES string of the molecule is C[CH]CC(=O)/C=C/C. The molecule has 0 saturated heterocycles. The van der Waals surface area contributed by atoms with Crippen LogP contribution in [0.5, 0.6) is 0 Å².